The summed E-state index contributed by atoms with van der Waals surface area (Å²) in [4.78, 5) is 88.6. The van der Waals surface area contributed by atoms with Gasteiger partial charge in [0.15, 0.2) is 17.7 Å². The van der Waals surface area contributed by atoms with E-state index in [1.165, 1.54) is 97.3 Å². The molecule has 1 aliphatic heterocycles. The van der Waals surface area contributed by atoms with Crippen molar-refractivity contribution >= 4 is 69.1 Å². The Labute approximate surface area is 480 Å². The summed E-state index contributed by atoms with van der Waals surface area (Å²) in [6.07, 6.45) is 38.3. The summed E-state index contributed by atoms with van der Waals surface area (Å²) in [5.74, 6) is -1.11. The molecule has 2 unspecified atom stereocenters. The minimum atomic E-state index is -5.58. The van der Waals surface area contributed by atoms with Gasteiger partial charge in [0.25, 0.3) is 0 Å². The van der Waals surface area contributed by atoms with Crippen LogP contribution in [0.15, 0.2) is 73.4 Å². The number of anilines is 1. The topological polar surface area (TPSA) is 364 Å². The number of ether oxygens (including phenoxy) is 1. The Kier molecular flexibility index (Phi) is 34.4. The molecule has 24 nitrogen and oxygen atoms in total. The van der Waals surface area contributed by atoms with Crippen molar-refractivity contribution in [3.05, 3.63) is 73.4 Å². The van der Waals surface area contributed by atoms with Gasteiger partial charge >= 0.3 is 23.5 Å². The number of carbonyl (C=O) groups excluding carboxylic acids is 3. The van der Waals surface area contributed by atoms with Crippen LogP contribution in [0.25, 0.3) is 11.2 Å². The summed E-state index contributed by atoms with van der Waals surface area (Å²) in [6.45, 7) is 2.75. The third-order valence-corrected chi connectivity index (χ3v) is 16.6. The molecule has 2 amide bonds. The average Bonchev–Trinajstić information content (AvgIpc) is 4.11. The van der Waals surface area contributed by atoms with Crippen LogP contribution in [0.5, 0.6) is 0 Å². The van der Waals surface area contributed by atoms with Crippen molar-refractivity contribution in [2.45, 2.75) is 186 Å². The fraction of sp³-hybridized carbons (Fsp3) is 0.660. The molecule has 2 aromatic heterocycles. The van der Waals surface area contributed by atoms with E-state index < -0.39 is 84.6 Å². The standard InChI is InChI=1S/C53H88N7O17P3S/c1-4-5-6-7-8-9-10-11-12-13-14-15-16-17-18-19-20-21-22-23-24-25-26-27-28-29-30-31-32-33-44(62)81-37-36-55-43(61)34-35-56-51(65)48(64)53(2,3)39-74-80(71,72)77-79(69,70)73-38-42-47(76-78(66,67)68)46(63)52(75-42)60-41-59-45-49(54)57-40-58-50(45)60/h8-9,11-12,14-15,17-18,32-33,40-42,46-48,52,63-64H,4-7,10,13,16,19-31,34-39H2,1-3H3,(H,55,61)(H,56,65)(H,69,70)(H,71,72)(H2,54,57,58)(H2,66,67,68)/b9-8-,12-11-,15-14-,18-17-,33-32+/t42-,46-,47-,48+,52-/m1/s1. The molecule has 458 valence electrons. The maximum absolute atomic E-state index is 12.8. The predicted octanol–water partition coefficient (Wildman–Crippen LogP) is 9.27. The molecule has 0 spiro atoms. The number of allylic oxidation sites excluding steroid dienone is 9. The summed E-state index contributed by atoms with van der Waals surface area (Å²) in [5, 5.41) is 26.5. The van der Waals surface area contributed by atoms with Gasteiger partial charge < -0.3 is 50.9 Å². The number of amides is 2. The third-order valence-electron chi connectivity index (χ3n) is 12.7. The van der Waals surface area contributed by atoms with Gasteiger partial charge in [0.2, 0.25) is 16.9 Å². The number of nitrogens with one attached hydrogen (secondary N) is 2. The van der Waals surface area contributed by atoms with E-state index in [0.717, 1.165) is 73.9 Å². The number of carbonyl (C=O) groups is 3. The van der Waals surface area contributed by atoms with Gasteiger partial charge in [-0.2, -0.15) is 4.31 Å². The SMILES string of the molecule is CCCCC/C=C\C/C=C\C/C=C\C/C=C\CCCCCCCCCCCCC/C=C/C(=O)SCCNC(=O)CCNC(=O)[C@H](O)C(C)(C)COP(=O)(O)OP(=O)(O)OC[C@H]1O[C@@H](n2cnc3c(N)ncnc32)[C@H](O)[C@@H]1OP(=O)(O)O. The van der Waals surface area contributed by atoms with Crippen molar-refractivity contribution < 1.29 is 80.5 Å². The zero-order valence-electron chi connectivity index (χ0n) is 47.0. The minimum absolute atomic E-state index is 0.0316. The molecule has 1 aliphatic rings. The molecular weight excluding hydrogens is 1130 g/mol. The Hall–Kier alpha value is -3.74. The molecule has 1 saturated heterocycles. The van der Waals surface area contributed by atoms with Crippen LogP contribution < -0.4 is 16.4 Å². The van der Waals surface area contributed by atoms with Gasteiger partial charge in [-0.25, -0.2) is 28.6 Å². The Morgan fingerprint density at radius 1 is 0.765 bits per heavy atom. The fourth-order valence-electron chi connectivity index (χ4n) is 8.19. The number of hydrogen-bond donors (Lipinski definition) is 9. The predicted molar refractivity (Wildman–Crippen MR) is 311 cm³/mol. The summed E-state index contributed by atoms with van der Waals surface area (Å²) in [5.41, 5.74) is 4.28. The van der Waals surface area contributed by atoms with Crippen LogP contribution in [0.3, 0.4) is 0 Å². The lowest BCUT2D eigenvalue weighted by atomic mass is 9.87. The third kappa shape index (κ3) is 30.6. The molecule has 0 saturated carbocycles. The lowest BCUT2D eigenvalue weighted by molar-refractivity contribution is -0.137. The number of imidazole rings is 1. The van der Waals surface area contributed by atoms with Crippen LogP contribution in [-0.2, 0) is 50.7 Å². The van der Waals surface area contributed by atoms with Crippen LogP contribution in [0.2, 0.25) is 0 Å². The fourth-order valence-corrected chi connectivity index (χ4v) is 11.6. The normalized spacial score (nSPS) is 19.2. The van der Waals surface area contributed by atoms with Crippen molar-refractivity contribution in [1.29, 1.82) is 0 Å². The molecule has 0 aliphatic carbocycles. The number of aromatic nitrogens is 4. The molecule has 7 atom stereocenters. The van der Waals surface area contributed by atoms with Crippen LogP contribution in [0.4, 0.5) is 5.82 Å². The summed E-state index contributed by atoms with van der Waals surface area (Å²) in [6, 6.07) is 0. The summed E-state index contributed by atoms with van der Waals surface area (Å²) < 4.78 is 62.6. The molecule has 3 rings (SSSR count). The number of hydrogen-bond acceptors (Lipinski definition) is 18. The van der Waals surface area contributed by atoms with Gasteiger partial charge in [-0.1, -0.05) is 158 Å². The second-order valence-corrected chi connectivity index (χ2v) is 25.5. The van der Waals surface area contributed by atoms with Crippen LogP contribution in [0.1, 0.15) is 162 Å². The Morgan fingerprint density at radius 2 is 1.31 bits per heavy atom. The second kappa shape index (κ2) is 39.0. The quantitative estimate of drug-likeness (QED) is 0.0129. The van der Waals surface area contributed by atoms with E-state index in [1.54, 1.807) is 6.08 Å². The summed E-state index contributed by atoms with van der Waals surface area (Å²) in [7, 11) is -16.4. The van der Waals surface area contributed by atoms with E-state index in [9.17, 15) is 57.9 Å². The highest BCUT2D eigenvalue weighted by atomic mass is 32.2. The maximum atomic E-state index is 12.8. The first kappa shape index (κ1) is 71.5. The number of thioether (sulfide) groups is 1. The van der Waals surface area contributed by atoms with Crippen LogP contribution in [-0.4, -0.2) is 123 Å². The minimum Gasteiger partial charge on any atom is -0.386 e. The van der Waals surface area contributed by atoms with E-state index in [-0.39, 0.29) is 41.6 Å². The highest BCUT2D eigenvalue weighted by molar-refractivity contribution is 8.14. The molecule has 3 heterocycles. The van der Waals surface area contributed by atoms with Gasteiger partial charge in [-0.3, -0.25) is 32.5 Å². The number of nitrogens with two attached hydrogens (primary N) is 1. The lowest BCUT2D eigenvalue weighted by Gasteiger charge is -2.30. The van der Waals surface area contributed by atoms with Crippen molar-refractivity contribution in [2.75, 3.05) is 37.8 Å². The molecule has 10 N–H and O–H groups in total. The van der Waals surface area contributed by atoms with Crippen molar-refractivity contribution in [2.24, 2.45) is 5.41 Å². The van der Waals surface area contributed by atoms with E-state index in [2.05, 4.69) is 90.0 Å². The number of aliphatic hydroxyl groups is 2. The average molecular weight is 1220 g/mol. The first-order valence-electron chi connectivity index (χ1n) is 27.9. The van der Waals surface area contributed by atoms with Crippen molar-refractivity contribution in [3.63, 3.8) is 0 Å². The second-order valence-electron chi connectivity index (χ2n) is 20.2. The Bertz CT molecular complexity index is 2490. The van der Waals surface area contributed by atoms with E-state index in [0.29, 0.717) is 5.75 Å². The van der Waals surface area contributed by atoms with E-state index in [1.807, 2.05) is 6.08 Å². The zero-order chi connectivity index (χ0) is 59.6. The van der Waals surface area contributed by atoms with Crippen LogP contribution >= 0.6 is 35.2 Å². The largest absolute Gasteiger partial charge is 0.481 e. The van der Waals surface area contributed by atoms with Crippen molar-refractivity contribution in [3.8, 4) is 0 Å². The van der Waals surface area contributed by atoms with Gasteiger partial charge in [0.05, 0.1) is 19.5 Å². The number of phosphoric acid groups is 3. The Balaban J connectivity index is 1.18. The zero-order valence-corrected chi connectivity index (χ0v) is 50.5. The lowest BCUT2D eigenvalue weighted by Crippen LogP contribution is -2.46. The molecule has 2 aromatic rings. The number of rotatable bonds is 44. The van der Waals surface area contributed by atoms with Gasteiger partial charge in [0, 0.05) is 30.7 Å². The number of phosphoric ester groups is 3. The molecule has 28 heteroatoms. The van der Waals surface area contributed by atoms with Gasteiger partial charge in [-0.15, -0.1) is 0 Å². The van der Waals surface area contributed by atoms with Crippen LogP contribution in [0, 0.1) is 5.41 Å². The van der Waals surface area contributed by atoms with E-state index in [4.69, 9.17) is 19.5 Å². The van der Waals surface area contributed by atoms with Gasteiger partial charge in [0.1, 0.15) is 36.3 Å². The van der Waals surface area contributed by atoms with Crippen molar-refractivity contribution in [1.82, 2.24) is 30.2 Å². The molecule has 0 bridgehead atoms. The molecule has 0 radical (unpaired) electrons. The number of unbranched alkanes of at least 4 members (excludes halogenated alkanes) is 15. The summed E-state index contributed by atoms with van der Waals surface area (Å²) >= 11 is 1.07. The molecular formula is C53H88N7O17P3S. The first-order chi connectivity index (χ1) is 38.6. The number of aliphatic hydroxyl groups excluding tert-OH is 2. The van der Waals surface area contributed by atoms with Gasteiger partial charge in [-0.05, 0) is 63.9 Å². The monoisotopic (exact) mass is 1220 g/mol. The Morgan fingerprint density at radius 3 is 1.89 bits per heavy atom. The first-order valence-corrected chi connectivity index (χ1v) is 33.4. The number of nitrogens with zero attached hydrogens (tertiary/aromatic N) is 4. The van der Waals surface area contributed by atoms with E-state index >= 15 is 0 Å². The highest BCUT2D eigenvalue weighted by Gasteiger charge is 2.50. The highest BCUT2D eigenvalue weighted by Crippen LogP contribution is 2.61. The number of nitrogen functional groups attached to an aromatic ring is 1. The molecule has 81 heavy (non-hydrogen) atoms. The molecule has 1 fully saturated rings. The molecule has 0 aromatic carbocycles. The number of fused-ring (bicyclic) bond motifs is 1. The smallest absolute Gasteiger partial charge is 0.386 e. The maximum Gasteiger partial charge on any atom is 0.481 e.